The normalized spacial score (nSPS) is 10.1. The van der Waals surface area contributed by atoms with E-state index in [0.29, 0.717) is 5.75 Å². The molecule has 0 radical (unpaired) electrons. The minimum absolute atomic E-state index is 0.0262. The Morgan fingerprint density at radius 2 is 1.45 bits per heavy atom. The highest BCUT2D eigenvalue weighted by Gasteiger charge is 2.05. The molecule has 0 aliphatic carbocycles. The molecular formula is C15H12O4S. The fraction of sp³-hybridized carbons (Fsp3) is 0.0667. The van der Waals surface area contributed by atoms with Crippen LogP contribution in [0.15, 0.2) is 48.5 Å². The number of hydrogen-bond donors (Lipinski definition) is 2. The topological polar surface area (TPSA) is 63.6 Å². The van der Waals surface area contributed by atoms with Crippen molar-refractivity contribution in [1.82, 2.24) is 0 Å². The fourth-order valence-corrected chi connectivity index (χ4v) is 1.75. The molecule has 0 saturated carbocycles. The Balaban J connectivity index is 2.17. The number of esters is 1. The Bertz CT molecular complexity index is 617. The van der Waals surface area contributed by atoms with Crippen LogP contribution in [-0.4, -0.2) is 22.8 Å². The summed E-state index contributed by atoms with van der Waals surface area (Å²) in [5.74, 6) is -0.884. The quantitative estimate of drug-likeness (QED) is 0.516. The zero-order valence-electron chi connectivity index (χ0n) is 10.4. The van der Waals surface area contributed by atoms with Gasteiger partial charge in [0.2, 0.25) is 0 Å². The average Bonchev–Trinajstić information content (AvgIpc) is 2.48. The van der Waals surface area contributed by atoms with Gasteiger partial charge in [0, 0.05) is 0 Å². The molecule has 1 N–H and O–H groups in total. The molecule has 2 aromatic carbocycles. The van der Waals surface area contributed by atoms with E-state index >= 15 is 0 Å². The lowest BCUT2D eigenvalue weighted by molar-refractivity contribution is -0.131. The highest BCUT2D eigenvalue weighted by molar-refractivity contribution is 7.81. The summed E-state index contributed by atoms with van der Waals surface area (Å²) >= 11 is 3.83. The third-order valence-electron chi connectivity index (χ3n) is 2.68. The summed E-state index contributed by atoms with van der Waals surface area (Å²) in [5, 5.41) is 8.84. The molecule has 2 aromatic rings. The van der Waals surface area contributed by atoms with Crippen LogP contribution in [-0.2, 0) is 4.79 Å². The van der Waals surface area contributed by atoms with Crippen LogP contribution in [0.2, 0.25) is 0 Å². The second-order valence-electron chi connectivity index (χ2n) is 4.04. The second kappa shape index (κ2) is 6.25. The molecule has 0 unspecified atom stereocenters. The van der Waals surface area contributed by atoms with Gasteiger partial charge >= 0.3 is 11.9 Å². The van der Waals surface area contributed by atoms with Crippen LogP contribution in [0.1, 0.15) is 10.4 Å². The Labute approximate surface area is 121 Å². The molecule has 0 fully saturated rings. The van der Waals surface area contributed by atoms with Gasteiger partial charge in [0.05, 0.1) is 11.3 Å². The van der Waals surface area contributed by atoms with Gasteiger partial charge < -0.3 is 9.84 Å². The first kappa shape index (κ1) is 14.1. The lowest BCUT2D eigenvalue weighted by Gasteiger charge is -2.05. The van der Waals surface area contributed by atoms with Gasteiger partial charge in [-0.2, -0.15) is 12.6 Å². The van der Waals surface area contributed by atoms with Crippen molar-refractivity contribution >= 4 is 24.6 Å². The molecule has 5 heteroatoms. The minimum Gasteiger partial charge on any atom is -0.478 e. The van der Waals surface area contributed by atoms with E-state index in [9.17, 15) is 9.59 Å². The van der Waals surface area contributed by atoms with Crippen LogP contribution in [0, 0.1) is 0 Å². The molecule has 0 atom stereocenters. The third kappa shape index (κ3) is 3.39. The molecule has 0 aliphatic rings. The van der Waals surface area contributed by atoms with E-state index in [1.807, 2.05) is 0 Å². The molecule has 0 spiro atoms. The molecule has 2 rings (SSSR count). The van der Waals surface area contributed by atoms with Crippen LogP contribution in [0.3, 0.4) is 0 Å². The van der Waals surface area contributed by atoms with Gasteiger partial charge in [-0.1, -0.05) is 24.3 Å². The van der Waals surface area contributed by atoms with E-state index in [0.717, 1.165) is 11.1 Å². The van der Waals surface area contributed by atoms with E-state index in [4.69, 9.17) is 9.84 Å². The number of rotatable bonds is 4. The largest absolute Gasteiger partial charge is 0.478 e. The molecule has 0 aromatic heterocycles. The van der Waals surface area contributed by atoms with Crippen LogP contribution in [0.25, 0.3) is 11.1 Å². The summed E-state index contributed by atoms with van der Waals surface area (Å²) in [4.78, 5) is 21.9. The van der Waals surface area contributed by atoms with Crippen LogP contribution in [0.4, 0.5) is 0 Å². The Kier molecular flexibility index (Phi) is 4.42. The number of carbonyl (C=O) groups excluding carboxylic acids is 1. The Morgan fingerprint density at radius 3 is 1.90 bits per heavy atom. The lowest BCUT2D eigenvalue weighted by atomic mass is 10.0. The van der Waals surface area contributed by atoms with Gasteiger partial charge in [-0.15, -0.1) is 0 Å². The summed E-state index contributed by atoms with van der Waals surface area (Å²) in [6.45, 7) is 0. The van der Waals surface area contributed by atoms with Gasteiger partial charge in [0.15, 0.2) is 0 Å². The van der Waals surface area contributed by atoms with Crippen LogP contribution >= 0.6 is 12.6 Å². The highest BCUT2D eigenvalue weighted by Crippen LogP contribution is 2.23. The van der Waals surface area contributed by atoms with Crippen molar-refractivity contribution < 1.29 is 19.4 Å². The lowest BCUT2D eigenvalue weighted by Crippen LogP contribution is -2.08. The first-order valence-electron chi connectivity index (χ1n) is 5.85. The maximum atomic E-state index is 11.1. The molecule has 0 aliphatic heterocycles. The summed E-state index contributed by atoms with van der Waals surface area (Å²) < 4.78 is 5.01. The Morgan fingerprint density at radius 1 is 0.950 bits per heavy atom. The minimum atomic E-state index is -0.953. The number of aromatic carboxylic acids is 1. The number of ether oxygens (including phenoxy) is 1. The number of carbonyl (C=O) groups is 2. The number of benzene rings is 2. The van der Waals surface area contributed by atoms with Crippen molar-refractivity contribution in [3.05, 3.63) is 54.1 Å². The zero-order valence-corrected chi connectivity index (χ0v) is 11.3. The Hall–Kier alpha value is -2.27. The molecule has 20 heavy (non-hydrogen) atoms. The predicted octanol–water partition coefficient (Wildman–Crippen LogP) is 2.89. The smallest absolute Gasteiger partial charge is 0.335 e. The average molecular weight is 288 g/mol. The van der Waals surface area contributed by atoms with E-state index in [2.05, 4.69) is 12.6 Å². The van der Waals surface area contributed by atoms with E-state index in [1.165, 1.54) is 0 Å². The van der Waals surface area contributed by atoms with E-state index in [-0.39, 0.29) is 11.3 Å². The summed E-state index contributed by atoms with van der Waals surface area (Å²) in [5.41, 5.74) is 2.04. The number of carboxylic acid groups (broad SMARTS) is 1. The van der Waals surface area contributed by atoms with Crippen LogP contribution in [0.5, 0.6) is 5.75 Å². The van der Waals surface area contributed by atoms with Gasteiger partial charge in [0.25, 0.3) is 0 Å². The van der Waals surface area contributed by atoms with Crippen molar-refractivity contribution in [2.45, 2.75) is 0 Å². The van der Waals surface area contributed by atoms with E-state index in [1.54, 1.807) is 48.5 Å². The third-order valence-corrected chi connectivity index (χ3v) is 2.94. The predicted molar refractivity (Wildman–Crippen MR) is 78.3 cm³/mol. The van der Waals surface area contributed by atoms with E-state index < -0.39 is 11.9 Å². The van der Waals surface area contributed by atoms with Crippen molar-refractivity contribution in [3.8, 4) is 16.9 Å². The summed E-state index contributed by atoms with van der Waals surface area (Å²) in [6, 6.07) is 13.5. The molecular weight excluding hydrogens is 276 g/mol. The van der Waals surface area contributed by atoms with Gasteiger partial charge in [-0.05, 0) is 35.4 Å². The molecule has 0 amide bonds. The summed E-state index contributed by atoms with van der Waals surface area (Å²) in [6.07, 6.45) is 0. The monoisotopic (exact) mass is 288 g/mol. The number of thiol groups is 1. The molecule has 4 nitrogen and oxygen atoms in total. The first-order valence-corrected chi connectivity index (χ1v) is 6.49. The first-order chi connectivity index (χ1) is 9.60. The van der Waals surface area contributed by atoms with Crippen LogP contribution < -0.4 is 4.74 Å². The van der Waals surface area contributed by atoms with Crippen molar-refractivity contribution in [2.24, 2.45) is 0 Å². The van der Waals surface area contributed by atoms with Gasteiger partial charge in [-0.3, -0.25) is 4.79 Å². The summed E-state index contributed by atoms with van der Waals surface area (Å²) in [7, 11) is 0. The highest BCUT2D eigenvalue weighted by atomic mass is 32.1. The maximum absolute atomic E-state index is 11.1. The zero-order chi connectivity index (χ0) is 14.5. The standard InChI is InChI=1S/C15H12O4S/c16-14(9-20)19-13-7-5-11(6-8-13)10-1-3-12(4-2-10)15(17)18/h1-8,20H,9H2,(H,17,18). The molecule has 0 bridgehead atoms. The second-order valence-corrected chi connectivity index (χ2v) is 4.36. The van der Waals surface area contributed by atoms with Crippen molar-refractivity contribution in [2.75, 3.05) is 5.75 Å². The maximum Gasteiger partial charge on any atom is 0.335 e. The SMILES string of the molecule is O=C(CS)Oc1ccc(-c2ccc(C(=O)O)cc2)cc1. The molecule has 102 valence electrons. The molecule has 0 saturated heterocycles. The van der Waals surface area contributed by atoms with Crippen molar-refractivity contribution in [1.29, 1.82) is 0 Å². The van der Waals surface area contributed by atoms with Crippen molar-refractivity contribution in [3.63, 3.8) is 0 Å². The fourth-order valence-electron chi connectivity index (χ4n) is 1.68. The number of carboxylic acids is 1. The number of hydrogen-bond acceptors (Lipinski definition) is 4. The van der Waals surface area contributed by atoms with Gasteiger partial charge in [0.1, 0.15) is 5.75 Å². The molecule has 0 heterocycles. The van der Waals surface area contributed by atoms with Gasteiger partial charge in [-0.25, -0.2) is 4.79 Å².